The molecule has 5 nitrogen and oxygen atoms in total. The maximum Gasteiger partial charge on any atom is 0.461 e. The van der Waals surface area contributed by atoms with E-state index in [1.54, 1.807) is 0 Å². The zero-order valence-corrected chi connectivity index (χ0v) is 27.7. The van der Waals surface area contributed by atoms with E-state index < -0.39 is 76.6 Å². The monoisotopic (exact) mass is 758 g/mol. The molecule has 0 spiro atoms. The van der Waals surface area contributed by atoms with Crippen LogP contribution >= 0.6 is 0 Å². The van der Waals surface area contributed by atoms with E-state index in [9.17, 15) is 49.1 Å². The van der Waals surface area contributed by atoms with Crippen LogP contribution in [-0.4, -0.2) is 36.0 Å². The van der Waals surface area contributed by atoms with Gasteiger partial charge in [-0.15, -0.1) is 0 Å². The van der Waals surface area contributed by atoms with Gasteiger partial charge in [0.2, 0.25) is 0 Å². The van der Waals surface area contributed by atoms with Gasteiger partial charge in [0, 0.05) is 29.9 Å². The van der Waals surface area contributed by atoms with E-state index in [1.807, 2.05) is 0 Å². The molecule has 0 aliphatic rings. The Kier molecular flexibility index (Phi) is 13.2. The molecule has 0 radical (unpaired) electrons. The van der Waals surface area contributed by atoms with Gasteiger partial charge in [-0.2, -0.15) is 30.7 Å². The van der Waals surface area contributed by atoms with Gasteiger partial charge in [0.15, 0.2) is 5.78 Å². The highest BCUT2D eigenvalue weighted by atomic mass is 19.4. The fraction of sp³-hybridized carbons (Fsp3) is 0.316. The van der Waals surface area contributed by atoms with Crippen molar-refractivity contribution in [1.82, 2.24) is 0 Å². The molecule has 0 bridgehead atoms. The van der Waals surface area contributed by atoms with Crippen molar-refractivity contribution in [1.29, 1.82) is 0 Å². The maximum atomic E-state index is 15.2. The van der Waals surface area contributed by atoms with Crippen LogP contribution in [0.15, 0.2) is 84.9 Å². The van der Waals surface area contributed by atoms with Crippen molar-refractivity contribution in [3.63, 3.8) is 0 Å². The molecule has 284 valence electrons. The molecule has 53 heavy (non-hydrogen) atoms. The zero-order valence-electron chi connectivity index (χ0n) is 27.7. The third-order valence-corrected chi connectivity index (χ3v) is 8.37. The van der Waals surface area contributed by atoms with E-state index in [1.165, 1.54) is 36.4 Å². The minimum absolute atomic E-state index is 0.0470. The number of carboxylic acids is 1. The number of rotatable bonds is 18. The first-order valence-electron chi connectivity index (χ1n) is 16.2. The van der Waals surface area contributed by atoms with E-state index in [2.05, 4.69) is 4.74 Å². The first kappa shape index (κ1) is 40.7. The summed E-state index contributed by atoms with van der Waals surface area (Å²) in [4.78, 5) is 24.5. The number of carbonyl (C=O) groups is 2. The third kappa shape index (κ3) is 11.0. The van der Waals surface area contributed by atoms with Crippen molar-refractivity contribution in [2.45, 2.75) is 69.1 Å². The Labute approximate surface area is 297 Å². The Hall–Kier alpha value is -5.08. The van der Waals surface area contributed by atoms with Crippen LogP contribution < -0.4 is 9.47 Å². The molecule has 0 aromatic heterocycles. The summed E-state index contributed by atoms with van der Waals surface area (Å²) in [5, 5.41) is 8.74. The molecule has 1 atom stereocenters. The second kappa shape index (κ2) is 17.2. The van der Waals surface area contributed by atoms with Crippen molar-refractivity contribution in [3.8, 4) is 11.5 Å². The van der Waals surface area contributed by atoms with E-state index in [-0.39, 0.29) is 36.6 Å². The van der Waals surface area contributed by atoms with Crippen molar-refractivity contribution in [2.24, 2.45) is 0 Å². The van der Waals surface area contributed by atoms with Gasteiger partial charge in [-0.25, -0.2) is 13.2 Å². The van der Waals surface area contributed by atoms with E-state index in [0.717, 1.165) is 30.3 Å². The van der Waals surface area contributed by atoms with Crippen molar-refractivity contribution < 1.29 is 68.1 Å². The SMILES string of the molecule is O=C(O)CCCCCCOc1ccc(C[C@@](CC(=O)c2ccc(F)c(C(F)(F)F)c2)(c2ccc(F)cc2)c2cc(F)cc(OC(F)(F)C(F)F)c2)cc1. The van der Waals surface area contributed by atoms with Crippen molar-refractivity contribution in [3.05, 3.63) is 130 Å². The topological polar surface area (TPSA) is 72.8 Å². The quantitative estimate of drug-likeness (QED) is 0.0622. The first-order valence-corrected chi connectivity index (χ1v) is 16.2. The van der Waals surface area contributed by atoms with E-state index in [0.29, 0.717) is 49.1 Å². The second-order valence-corrected chi connectivity index (χ2v) is 12.2. The summed E-state index contributed by atoms with van der Waals surface area (Å²) in [6.07, 6.45) is -13.2. The van der Waals surface area contributed by atoms with Gasteiger partial charge in [-0.3, -0.25) is 9.59 Å². The van der Waals surface area contributed by atoms with Crippen LogP contribution in [-0.2, 0) is 22.8 Å². The summed E-state index contributed by atoms with van der Waals surface area (Å²) in [5.74, 6) is -6.31. The normalized spacial score (nSPS) is 13.1. The molecule has 0 aliphatic heterocycles. The van der Waals surface area contributed by atoms with E-state index >= 15 is 4.39 Å². The Morgan fingerprint density at radius 2 is 1.36 bits per heavy atom. The number of carbonyl (C=O) groups excluding carboxylic acids is 1. The molecule has 4 rings (SSSR count). The molecule has 4 aromatic rings. The summed E-state index contributed by atoms with van der Waals surface area (Å²) >= 11 is 0. The molecule has 0 fully saturated rings. The highest BCUT2D eigenvalue weighted by molar-refractivity contribution is 5.97. The number of halogens is 10. The minimum atomic E-state index is -5.19. The smallest absolute Gasteiger partial charge is 0.461 e. The van der Waals surface area contributed by atoms with Crippen LogP contribution in [0.5, 0.6) is 11.5 Å². The highest BCUT2D eigenvalue weighted by Crippen LogP contribution is 2.43. The average Bonchev–Trinajstić information content (AvgIpc) is 3.07. The van der Waals surface area contributed by atoms with Gasteiger partial charge in [0.1, 0.15) is 29.0 Å². The number of hydrogen-bond donors (Lipinski definition) is 1. The summed E-state index contributed by atoms with van der Waals surface area (Å²) in [7, 11) is 0. The van der Waals surface area contributed by atoms with Crippen LogP contribution in [0.4, 0.5) is 43.9 Å². The summed E-state index contributed by atoms with van der Waals surface area (Å²) in [5.41, 5.74) is -4.18. The highest BCUT2D eigenvalue weighted by Gasteiger charge is 2.45. The number of carboxylic acid groups (broad SMARTS) is 1. The summed E-state index contributed by atoms with van der Waals surface area (Å²) < 4.78 is 148. The number of ether oxygens (including phenoxy) is 2. The lowest BCUT2D eigenvalue weighted by molar-refractivity contribution is -0.253. The molecule has 0 saturated carbocycles. The molecule has 0 amide bonds. The van der Waals surface area contributed by atoms with Crippen LogP contribution in [0.3, 0.4) is 0 Å². The standard InChI is InChI=1S/C38H32F10O5/c39-27-11-9-25(10-12-27)36(22-33(49)24-8-15-32(41)31(17-24)37(44,45)46,26-18-28(40)20-30(19-26)53-38(47,48)35(42)43)21-23-6-13-29(14-7-23)52-16-4-2-1-3-5-34(50)51/h6-15,17-20,35H,1-5,16,21-22H2,(H,50,51)/t36-/m1/s1. The fourth-order valence-electron chi connectivity index (χ4n) is 5.77. The lowest BCUT2D eigenvalue weighted by Gasteiger charge is -2.36. The predicted octanol–water partition coefficient (Wildman–Crippen LogP) is 10.6. The number of aliphatic carboxylic acids is 1. The van der Waals surface area contributed by atoms with Gasteiger partial charge in [-0.1, -0.05) is 37.1 Å². The molecular weight excluding hydrogens is 726 g/mol. The number of alkyl halides is 7. The largest absolute Gasteiger partial charge is 0.494 e. The van der Waals surface area contributed by atoms with Gasteiger partial charge >= 0.3 is 24.7 Å². The lowest BCUT2D eigenvalue weighted by Crippen LogP contribution is -2.35. The van der Waals surface area contributed by atoms with Gasteiger partial charge in [0.05, 0.1) is 12.2 Å². The van der Waals surface area contributed by atoms with Crippen LogP contribution in [0.2, 0.25) is 0 Å². The number of ketones is 1. The van der Waals surface area contributed by atoms with Crippen LogP contribution in [0.25, 0.3) is 0 Å². The number of unbranched alkanes of at least 4 members (excludes halogenated alkanes) is 3. The summed E-state index contributed by atoms with van der Waals surface area (Å²) in [6, 6.07) is 13.9. The summed E-state index contributed by atoms with van der Waals surface area (Å²) in [6.45, 7) is 0.285. The Balaban J connectivity index is 1.78. The Bertz CT molecular complexity index is 1860. The lowest BCUT2D eigenvalue weighted by atomic mass is 9.67. The fourth-order valence-corrected chi connectivity index (χ4v) is 5.77. The molecule has 0 aliphatic carbocycles. The predicted molar refractivity (Wildman–Crippen MR) is 172 cm³/mol. The van der Waals surface area contributed by atoms with Gasteiger partial charge in [0.25, 0.3) is 0 Å². The Morgan fingerprint density at radius 3 is 1.98 bits per heavy atom. The molecular formula is C38H32F10O5. The van der Waals surface area contributed by atoms with Gasteiger partial charge < -0.3 is 14.6 Å². The number of hydrogen-bond acceptors (Lipinski definition) is 4. The molecule has 4 aromatic carbocycles. The average molecular weight is 759 g/mol. The van der Waals surface area contributed by atoms with Crippen molar-refractivity contribution in [2.75, 3.05) is 6.61 Å². The van der Waals surface area contributed by atoms with Crippen LogP contribution in [0, 0.1) is 17.5 Å². The first-order chi connectivity index (χ1) is 24.9. The maximum absolute atomic E-state index is 15.2. The third-order valence-electron chi connectivity index (χ3n) is 8.37. The Morgan fingerprint density at radius 1 is 0.698 bits per heavy atom. The second-order valence-electron chi connectivity index (χ2n) is 12.2. The molecule has 0 saturated heterocycles. The molecule has 15 heteroatoms. The van der Waals surface area contributed by atoms with Crippen molar-refractivity contribution >= 4 is 11.8 Å². The van der Waals surface area contributed by atoms with Gasteiger partial charge in [-0.05, 0) is 90.6 Å². The number of benzene rings is 4. The number of Topliss-reactive ketones (excluding diaryl/α,β-unsaturated/α-hetero) is 1. The van der Waals surface area contributed by atoms with Crippen LogP contribution in [0.1, 0.15) is 71.1 Å². The van der Waals surface area contributed by atoms with E-state index in [4.69, 9.17) is 9.84 Å². The molecule has 1 N–H and O–H groups in total. The minimum Gasteiger partial charge on any atom is -0.494 e. The molecule has 0 heterocycles. The molecule has 0 unspecified atom stereocenters. The zero-order chi connectivity index (χ0) is 39.0.